The van der Waals surface area contributed by atoms with Crippen LogP contribution in [0.15, 0.2) is 48.5 Å². The molecule has 1 aliphatic heterocycles. The molecule has 0 fully saturated rings. The van der Waals surface area contributed by atoms with E-state index in [0.717, 1.165) is 42.9 Å². The van der Waals surface area contributed by atoms with Crippen LogP contribution in [0.5, 0.6) is 17.2 Å². The summed E-state index contributed by atoms with van der Waals surface area (Å²) < 4.78 is 16.4. The first-order valence-corrected chi connectivity index (χ1v) is 9.32. The molecule has 0 bridgehead atoms. The van der Waals surface area contributed by atoms with Crippen LogP contribution in [0.25, 0.3) is 6.08 Å². The topological polar surface area (TPSA) is 56.8 Å². The summed E-state index contributed by atoms with van der Waals surface area (Å²) in [6.07, 6.45) is 6.02. The Hall–Kier alpha value is -2.95. The van der Waals surface area contributed by atoms with Crippen molar-refractivity contribution in [2.45, 2.75) is 26.2 Å². The molecule has 2 aromatic carbocycles. The number of rotatable bonds is 9. The second kappa shape index (κ2) is 9.67. The van der Waals surface area contributed by atoms with E-state index in [1.807, 2.05) is 36.4 Å². The molecule has 1 heterocycles. The predicted octanol–water partition coefficient (Wildman–Crippen LogP) is 3.97. The smallest absolute Gasteiger partial charge is 0.243 e. The molecule has 2 aromatic rings. The van der Waals surface area contributed by atoms with E-state index in [1.165, 1.54) is 11.6 Å². The van der Waals surface area contributed by atoms with E-state index in [-0.39, 0.29) is 12.7 Å². The number of benzene rings is 2. The predicted molar refractivity (Wildman–Crippen MR) is 105 cm³/mol. The molecule has 3 rings (SSSR count). The second-order valence-electron chi connectivity index (χ2n) is 6.30. The number of fused-ring (bicyclic) bond motifs is 1. The number of nitrogens with one attached hydrogen (secondary N) is 1. The Kier molecular flexibility index (Phi) is 6.74. The van der Waals surface area contributed by atoms with Crippen molar-refractivity contribution in [1.82, 2.24) is 5.32 Å². The largest absolute Gasteiger partial charge is 0.493 e. The zero-order valence-corrected chi connectivity index (χ0v) is 15.6. The van der Waals surface area contributed by atoms with Crippen LogP contribution in [-0.2, 0) is 11.2 Å². The van der Waals surface area contributed by atoms with E-state index < -0.39 is 0 Å². The van der Waals surface area contributed by atoms with Crippen molar-refractivity contribution in [3.63, 3.8) is 0 Å². The zero-order valence-electron chi connectivity index (χ0n) is 15.6. The van der Waals surface area contributed by atoms with Gasteiger partial charge in [0.25, 0.3) is 0 Å². The Morgan fingerprint density at radius 2 is 2.04 bits per heavy atom. The molecule has 0 saturated heterocycles. The Morgan fingerprint density at radius 3 is 2.93 bits per heavy atom. The Balaban J connectivity index is 1.42. The number of ether oxygens (including phenoxy) is 3. The van der Waals surface area contributed by atoms with Gasteiger partial charge in [-0.05, 0) is 54.7 Å². The molecular weight excluding hydrogens is 342 g/mol. The van der Waals surface area contributed by atoms with Crippen LogP contribution in [0.2, 0.25) is 0 Å². The first-order chi connectivity index (χ1) is 13.3. The van der Waals surface area contributed by atoms with Gasteiger partial charge in [-0.15, -0.1) is 0 Å². The maximum atomic E-state index is 12.0. The summed E-state index contributed by atoms with van der Waals surface area (Å²) >= 11 is 0. The highest BCUT2D eigenvalue weighted by Gasteiger charge is 2.12. The summed E-state index contributed by atoms with van der Waals surface area (Å²) in [5.74, 6) is 2.28. The van der Waals surface area contributed by atoms with E-state index in [0.29, 0.717) is 12.3 Å². The van der Waals surface area contributed by atoms with Crippen molar-refractivity contribution in [2.75, 3.05) is 19.9 Å². The summed E-state index contributed by atoms with van der Waals surface area (Å²) in [6, 6.07) is 13.7. The van der Waals surface area contributed by atoms with Crippen LogP contribution in [0.1, 0.15) is 30.9 Å². The van der Waals surface area contributed by atoms with Crippen LogP contribution in [0, 0.1) is 0 Å². The fraction of sp³-hybridized carbons (Fsp3) is 0.318. The second-order valence-corrected chi connectivity index (χ2v) is 6.30. The zero-order chi connectivity index (χ0) is 18.9. The van der Waals surface area contributed by atoms with Gasteiger partial charge < -0.3 is 19.5 Å². The van der Waals surface area contributed by atoms with Gasteiger partial charge >= 0.3 is 0 Å². The molecule has 1 N–H and O–H groups in total. The Labute approximate surface area is 159 Å². The van der Waals surface area contributed by atoms with Crippen molar-refractivity contribution < 1.29 is 19.0 Å². The number of aryl methyl sites for hydroxylation is 1. The fourth-order valence-electron chi connectivity index (χ4n) is 2.80. The number of carbonyl (C=O) groups is 1. The molecule has 0 spiro atoms. The van der Waals surface area contributed by atoms with E-state index in [4.69, 9.17) is 14.2 Å². The van der Waals surface area contributed by atoms with Crippen LogP contribution in [-0.4, -0.2) is 25.9 Å². The van der Waals surface area contributed by atoms with Crippen LogP contribution in [0.4, 0.5) is 0 Å². The average Bonchev–Trinajstić information content (AvgIpc) is 3.16. The lowest BCUT2D eigenvalue weighted by Crippen LogP contribution is -2.22. The minimum atomic E-state index is -0.108. The molecule has 0 aliphatic carbocycles. The van der Waals surface area contributed by atoms with E-state index in [2.05, 4.69) is 18.3 Å². The molecule has 1 amide bonds. The highest BCUT2D eigenvalue weighted by molar-refractivity contribution is 5.91. The van der Waals surface area contributed by atoms with Gasteiger partial charge in [0.05, 0.1) is 6.61 Å². The minimum Gasteiger partial charge on any atom is -0.493 e. The van der Waals surface area contributed by atoms with Gasteiger partial charge in [0.1, 0.15) is 5.75 Å². The molecule has 0 atom stereocenters. The lowest BCUT2D eigenvalue weighted by molar-refractivity contribution is -0.116. The highest BCUT2D eigenvalue weighted by Crippen LogP contribution is 2.32. The van der Waals surface area contributed by atoms with Gasteiger partial charge in [-0.1, -0.05) is 31.2 Å². The third-order valence-electron chi connectivity index (χ3n) is 4.18. The molecule has 142 valence electrons. The number of amides is 1. The quantitative estimate of drug-likeness (QED) is 0.538. The highest BCUT2D eigenvalue weighted by atomic mass is 16.7. The van der Waals surface area contributed by atoms with Crippen molar-refractivity contribution in [3.8, 4) is 17.2 Å². The van der Waals surface area contributed by atoms with Gasteiger partial charge in [-0.2, -0.15) is 0 Å². The molecule has 5 nitrogen and oxygen atoms in total. The normalized spacial score (nSPS) is 12.3. The SMILES string of the molecule is CCCOc1ccccc1CCCNC(=O)/C=C/c1ccc2c(c1)OCO2. The molecule has 5 heteroatoms. The number of hydrogen-bond donors (Lipinski definition) is 1. The van der Waals surface area contributed by atoms with Crippen molar-refractivity contribution in [2.24, 2.45) is 0 Å². The molecular formula is C22H25NO4. The maximum absolute atomic E-state index is 12.0. The average molecular weight is 367 g/mol. The number of para-hydroxylation sites is 1. The molecule has 0 saturated carbocycles. The first kappa shape index (κ1) is 18.8. The van der Waals surface area contributed by atoms with Crippen molar-refractivity contribution >= 4 is 12.0 Å². The van der Waals surface area contributed by atoms with E-state index in [1.54, 1.807) is 6.08 Å². The van der Waals surface area contributed by atoms with Gasteiger partial charge in [-0.3, -0.25) is 4.79 Å². The summed E-state index contributed by atoms with van der Waals surface area (Å²) in [6.45, 7) is 3.68. The summed E-state index contributed by atoms with van der Waals surface area (Å²) in [5, 5.41) is 2.92. The fourth-order valence-corrected chi connectivity index (χ4v) is 2.80. The molecule has 1 aliphatic rings. The third kappa shape index (κ3) is 5.51. The van der Waals surface area contributed by atoms with Gasteiger partial charge in [0, 0.05) is 12.6 Å². The number of carbonyl (C=O) groups excluding carboxylic acids is 1. The van der Waals surface area contributed by atoms with Crippen LogP contribution < -0.4 is 19.5 Å². The minimum absolute atomic E-state index is 0.108. The molecule has 27 heavy (non-hydrogen) atoms. The third-order valence-corrected chi connectivity index (χ3v) is 4.18. The van der Waals surface area contributed by atoms with Crippen LogP contribution in [0.3, 0.4) is 0 Å². The van der Waals surface area contributed by atoms with E-state index in [9.17, 15) is 4.79 Å². The monoisotopic (exact) mass is 367 g/mol. The van der Waals surface area contributed by atoms with Gasteiger partial charge in [0.2, 0.25) is 12.7 Å². The summed E-state index contributed by atoms with van der Waals surface area (Å²) in [5.41, 5.74) is 2.08. The Morgan fingerprint density at radius 1 is 1.19 bits per heavy atom. The molecule has 0 radical (unpaired) electrons. The van der Waals surface area contributed by atoms with Gasteiger partial charge in [-0.25, -0.2) is 0 Å². The summed E-state index contributed by atoms with van der Waals surface area (Å²) in [7, 11) is 0. The first-order valence-electron chi connectivity index (χ1n) is 9.32. The lowest BCUT2D eigenvalue weighted by Gasteiger charge is -2.10. The van der Waals surface area contributed by atoms with Crippen LogP contribution >= 0.6 is 0 Å². The van der Waals surface area contributed by atoms with E-state index >= 15 is 0 Å². The van der Waals surface area contributed by atoms with Crippen molar-refractivity contribution in [3.05, 3.63) is 59.7 Å². The number of hydrogen-bond acceptors (Lipinski definition) is 4. The van der Waals surface area contributed by atoms with Crippen molar-refractivity contribution in [1.29, 1.82) is 0 Å². The van der Waals surface area contributed by atoms with Gasteiger partial charge in [0.15, 0.2) is 11.5 Å². The molecule has 0 unspecified atom stereocenters. The Bertz CT molecular complexity index is 801. The lowest BCUT2D eigenvalue weighted by atomic mass is 10.1. The standard InChI is InChI=1S/C22H25NO4/c1-2-14-25-19-8-4-3-6-18(19)7-5-13-23-22(24)12-10-17-9-11-20-21(15-17)27-16-26-20/h3-4,6,8-12,15H,2,5,7,13-14,16H2,1H3,(H,23,24)/b12-10+. The maximum Gasteiger partial charge on any atom is 0.243 e. The molecule has 0 aromatic heterocycles. The summed E-state index contributed by atoms with van der Waals surface area (Å²) in [4.78, 5) is 12.0.